The van der Waals surface area contributed by atoms with Crippen molar-refractivity contribution in [3.8, 4) is 5.75 Å². The summed E-state index contributed by atoms with van der Waals surface area (Å²) in [5, 5.41) is 0.599. The fourth-order valence-electron chi connectivity index (χ4n) is 1.21. The topological polar surface area (TPSA) is 87.9 Å². The highest BCUT2D eigenvalue weighted by atomic mass is 35.5. The van der Waals surface area contributed by atoms with Crippen LogP contribution in [0.4, 0.5) is 9.59 Å². The lowest BCUT2D eigenvalue weighted by Gasteiger charge is -2.06. The van der Waals surface area contributed by atoms with Gasteiger partial charge in [0, 0.05) is 5.02 Å². The first-order chi connectivity index (χ1) is 10.9. The van der Waals surface area contributed by atoms with Gasteiger partial charge in [-0.15, -0.1) is 0 Å². The van der Waals surface area contributed by atoms with E-state index in [0.29, 0.717) is 17.4 Å². The third kappa shape index (κ3) is 12.3. The number of carbonyl (C=O) groups is 2. The third-order valence-corrected chi connectivity index (χ3v) is 2.88. The van der Waals surface area contributed by atoms with Crippen molar-refractivity contribution in [2.24, 2.45) is 5.73 Å². The van der Waals surface area contributed by atoms with Crippen molar-refractivity contribution in [3.63, 3.8) is 0 Å². The second-order valence-corrected chi connectivity index (χ2v) is 5.10. The molecule has 0 aliphatic heterocycles. The molecule has 0 aliphatic rings. The number of halogens is 1. The van der Waals surface area contributed by atoms with Gasteiger partial charge in [-0.2, -0.15) is 0 Å². The number of amides is 1. The van der Waals surface area contributed by atoms with E-state index in [1.165, 1.54) is 0 Å². The van der Waals surface area contributed by atoms with Gasteiger partial charge in [0.1, 0.15) is 11.9 Å². The summed E-state index contributed by atoms with van der Waals surface area (Å²) in [7, 11) is 0. The predicted octanol–water partition coefficient (Wildman–Crippen LogP) is 4.54. The molecule has 23 heavy (non-hydrogen) atoms. The molecule has 0 radical (unpaired) electrons. The Kier molecular flexibility index (Phi) is 11.5. The zero-order chi connectivity index (χ0) is 17.7. The van der Waals surface area contributed by atoms with Crippen LogP contribution in [0.1, 0.15) is 40.0 Å². The quantitative estimate of drug-likeness (QED) is 0.464. The van der Waals surface area contributed by atoms with Crippen molar-refractivity contribution < 1.29 is 23.8 Å². The smallest absolute Gasteiger partial charge is 0.447 e. The number of benzene rings is 1. The number of nitrogens with two attached hydrogens (primary N) is 1. The molecule has 1 aromatic carbocycles. The maximum atomic E-state index is 11.1. The minimum absolute atomic E-state index is 0.0486. The Hall–Kier alpha value is -1.95. The Bertz CT molecular complexity index is 464. The zero-order valence-electron chi connectivity index (χ0n) is 13.7. The van der Waals surface area contributed by atoms with Crippen LogP contribution in [0, 0.1) is 0 Å². The van der Waals surface area contributed by atoms with Gasteiger partial charge >= 0.3 is 12.2 Å². The average Bonchev–Trinajstić information content (AvgIpc) is 2.50. The number of hydrogen-bond donors (Lipinski definition) is 1. The lowest BCUT2D eigenvalue weighted by Crippen LogP contribution is -2.19. The molecule has 0 heterocycles. The van der Waals surface area contributed by atoms with Gasteiger partial charge in [0.25, 0.3) is 0 Å². The Morgan fingerprint density at radius 2 is 1.83 bits per heavy atom. The van der Waals surface area contributed by atoms with Crippen LogP contribution in [-0.2, 0) is 9.47 Å². The number of ether oxygens (including phenoxy) is 3. The molecule has 0 saturated heterocycles. The maximum Gasteiger partial charge on any atom is 0.513 e. The van der Waals surface area contributed by atoms with E-state index in [1.54, 1.807) is 31.2 Å². The fourth-order valence-corrected chi connectivity index (χ4v) is 1.34. The first kappa shape index (κ1) is 21.0. The third-order valence-electron chi connectivity index (χ3n) is 2.62. The average molecular weight is 346 g/mol. The van der Waals surface area contributed by atoms with Crippen LogP contribution in [-0.4, -0.2) is 25.0 Å². The van der Waals surface area contributed by atoms with Crippen LogP contribution in [0.3, 0.4) is 0 Å². The van der Waals surface area contributed by atoms with Crippen molar-refractivity contribution in [1.29, 1.82) is 0 Å². The molecule has 1 rings (SSSR count). The summed E-state index contributed by atoms with van der Waals surface area (Å²) in [6, 6.07) is 6.53. The summed E-state index contributed by atoms with van der Waals surface area (Å²) in [4.78, 5) is 21.1. The number of carbonyl (C=O) groups excluding carboxylic acids is 2. The Balaban J connectivity index is 0.000000515. The summed E-state index contributed by atoms with van der Waals surface area (Å²) >= 11 is 5.68. The molecule has 1 atom stereocenters. The number of hydrogen-bond acceptors (Lipinski definition) is 5. The lowest BCUT2D eigenvalue weighted by atomic mass is 10.3. The molecule has 0 aliphatic carbocycles. The molecular formula is C16H24ClNO5. The van der Waals surface area contributed by atoms with Crippen molar-refractivity contribution >= 4 is 23.8 Å². The summed E-state index contributed by atoms with van der Waals surface area (Å²) < 4.78 is 14.3. The second kappa shape index (κ2) is 12.6. The molecule has 0 aromatic heterocycles. The highest BCUT2D eigenvalue weighted by molar-refractivity contribution is 6.30. The van der Waals surface area contributed by atoms with E-state index in [4.69, 9.17) is 26.8 Å². The van der Waals surface area contributed by atoms with Gasteiger partial charge in [-0.3, -0.25) is 0 Å². The molecule has 2 N–H and O–H groups in total. The van der Waals surface area contributed by atoms with E-state index in [9.17, 15) is 9.59 Å². The van der Waals surface area contributed by atoms with Gasteiger partial charge in [0.2, 0.25) is 0 Å². The number of primary amides is 1. The number of rotatable bonds is 6. The molecule has 0 saturated carbocycles. The standard InChI is InChI=1S/C11H13ClO3.C5H11NO2/c1-2-3-8-14-11(13)15-10-6-4-9(12)5-7-10;1-3-4(2)8-5(6)7/h4-7H,2-3,8H2,1H3;4H,3H2,1-2H3,(H2,6,7). The molecule has 130 valence electrons. The summed E-state index contributed by atoms with van der Waals surface area (Å²) in [6.07, 6.45) is 1.21. The molecule has 6 nitrogen and oxygen atoms in total. The normalized spacial score (nSPS) is 10.8. The molecule has 0 spiro atoms. The number of unbranched alkanes of at least 4 members (excludes halogenated alkanes) is 1. The molecule has 1 unspecified atom stereocenters. The van der Waals surface area contributed by atoms with Gasteiger partial charge in [-0.25, -0.2) is 9.59 Å². The van der Waals surface area contributed by atoms with Gasteiger partial charge < -0.3 is 19.9 Å². The summed E-state index contributed by atoms with van der Waals surface area (Å²) in [5.41, 5.74) is 4.71. The predicted molar refractivity (Wildman–Crippen MR) is 88.8 cm³/mol. The van der Waals surface area contributed by atoms with Gasteiger partial charge in [-0.05, 0) is 44.0 Å². The first-order valence-corrected chi connectivity index (χ1v) is 7.83. The molecule has 1 aromatic rings. The van der Waals surface area contributed by atoms with Gasteiger partial charge in [-0.1, -0.05) is 31.9 Å². The van der Waals surface area contributed by atoms with Gasteiger partial charge in [0.15, 0.2) is 0 Å². The van der Waals surface area contributed by atoms with E-state index >= 15 is 0 Å². The second-order valence-electron chi connectivity index (χ2n) is 4.66. The maximum absolute atomic E-state index is 11.1. The first-order valence-electron chi connectivity index (χ1n) is 7.45. The van der Waals surface area contributed by atoms with Crippen molar-refractivity contribution in [1.82, 2.24) is 0 Å². The van der Waals surface area contributed by atoms with Crippen LogP contribution >= 0.6 is 11.6 Å². The molecule has 0 bridgehead atoms. The van der Waals surface area contributed by atoms with E-state index in [-0.39, 0.29) is 6.10 Å². The molecule has 7 heteroatoms. The van der Waals surface area contributed by atoms with E-state index in [2.05, 4.69) is 4.74 Å². The Morgan fingerprint density at radius 3 is 2.26 bits per heavy atom. The minimum Gasteiger partial charge on any atom is -0.447 e. The molecule has 0 fully saturated rings. The highest BCUT2D eigenvalue weighted by Gasteiger charge is 2.04. The summed E-state index contributed by atoms with van der Waals surface area (Å²) in [6.45, 7) is 6.13. The van der Waals surface area contributed by atoms with E-state index < -0.39 is 12.2 Å². The molecular weight excluding hydrogens is 322 g/mol. The Morgan fingerprint density at radius 1 is 1.22 bits per heavy atom. The van der Waals surface area contributed by atoms with E-state index in [0.717, 1.165) is 19.3 Å². The molecule has 1 amide bonds. The van der Waals surface area contributed by atoms with Gasteiger partial charge in [0.05, 0.1) is 6.61 Å². The minimum atomic E-state index is -0.695. The van der Waals surface area contributed by atoms with Crippen molar-refractivity contribution in [2.75, 3.05) is 6.61 Å². The van der Waals surface area contributed by atoms with Crippen LogP contribution in [0.15, 0.2) is 24.3 Å². The van der Waals surface area contributed by atoms with Crippen LogP contribution < -0.4 is 10.5 Å². The van der Waals surface area contributed by atoms with Crippen LogP contribution in [0.2, 0.25) is 5.02 Å². The fraction of sp³-hybridized carbons (Fsp3) is 0.500. The SMILES string of the molecule is CCC(C)OC(N)=O.CCCCOC(=O)Oc1ccc(Cl)cc1. The van der Waals surface area contributed by atoms with Crippen molar-refractivity contribution in [3.05, 3.63) is 29.3 Å². The van der Waals surface area contributed by atoms with Crippen LogP contribution in [0.25, 0.3) is 0 Å². The van der Waals surface area contributed by atoms with Crippen molar-refractivity contribution in [2.45, 2.75) is 46.1 Å². The lowest BCUT2D eigenvalue weighted by molar-refractivity contribution is 0.0978. The highest BCUT2D eigenvalue weighted by Crippen LogP contribution is 2.15. The van der Waals surface area contributed by atoms with Crippen LogP contribution in [0.5, 0.6) is 5.75 Å². The van der Waals surface area contributed by atoms with E-state index in [1.807, 2.05) is 13.8 Å². The zero-order valence-corrected chi connectivity index (χ0v) is 14.5. The monoisotopic (exact) mass is 345 g/mol. The Labute approximate surface area is 141 Å². The largest absolute Gasteiger partial charge is 0.513 e. The summed E-state index contributed by atoms with van der Waals surface area (Å²) in [5.74, 6) is 0.431.